The van der Waals surface area contributed by atoms with Crippen LogP contribution < -0.4 is 0 Å². The first-order chi connectivity index (χ1) is 11.9. The van der Waals surface area contributed by atoms with Gasteiger partial charge in [0.2, 0.25) is 0 Å². The lowest BCUT2D eigenvalue weighted by Crippen LogP contribution is -2.04. The minimum absolute atomic E-state index is 0.431. The lowest BCUT2D eigenvalue weighted by Gasteiger charge is -2.09. The van der Waals surface area contributed by atoms with Gasteiger partial charge in [-0.15, -0.1) is 0 Å². The Kier molecular flexibility index (Phi) is 5.74. The highest BCUT2D eigenvalue weighted by molar-refractivity contribution is 5.63. The summed E-state index contributed by atoms with van der Waals surface area (Å²) < 4.78 is 43.4. The standard InChI is InChI=1S/C14H10F3N3.C3H6O2/c1-9-8-12(20-13(19-9)6-7-18-20)10-2-4-11(5-3-10)14(15,16)17;1-2-5-3-4/h2-8H,1H3;3H,2H2,1H3. The number of hydrogen-bond donors (Lipinski definition) is 0. The van der Waals surface area contributed by atoms with Gasteiger partial charge in [-0.2, -0.15) is 18.3 Å². The number of carbonyl (C=O) groups excluding carboxylic acids is 1. The van der Waals surface area contributed by atoms with Crippen molar-refractivity contribution < 1.29 is 22.7 Å². The van der Waals surface area contributed by atoms with E-state index in [9.17, 15) is 18.0 Å². The third kappa shape index (κ3) is 4.56. The summed E-state index contributed by atoms with van der Waals surface area (Å²) in [6, 6.07) is 8.57. The summed E-state index contributed by atoms with van der Waals surface area (Å²) in [5.41, 5.74) is 2.17. The molecule has 132 valence electrons. The molecule has 2 aromatic heterocycles. The number of aromatic nitrogens is 3. The van der Waals surface area contributed by atoms with Crippen LogP contribution in [0.1, 0.15) is 18.2 Å². The zero-order chi connectivity index (χ0) is 18.4. The van der Waals surface area contributed by atoms with Gasteiger partial charge in [-0.05, 0) is 32.0 Å². The van der Waals surface area contributed by atoms with Crippen molar-refractivity contribution >= 4 is 12.1 Å². The fourth-order valence-electron chi connectivity index (χ4n) is 2.14. The predicted molar refractivity (Wildman–Crippen MR) is 85.9 cm³/mol. The largest absolute Gasteiger partial charge is 0.468 e. The minimum Gasteiger partial charge on any atom is -0.468 e. The first-order valence-electron chi connectivity index (χ1n) is 7.41. The molecular formula is C17H16F3N3O2. The monoisotopic (exact) mass is 351 g/mol. The Morgan fingerprint density at radius 2 is 1.88 bits per heavy atom. The Balaban J connectivity index is 0.000000399. The van der Waals surface area contributed by atoms with E-state index >= 15 is 0 Å². The molecule has 0 aliphatic rings. The molecule has 3 aromatic rings. The third-order valence-corrected chi connectivity index (χ3v) is 3.23. The van der Waals surface area contributed by atoms with Crippen LogP contribution in [0.15, 0.2) is 42.6 Å². The van der Waals surface area contributed by atoms with Crippen molar-refractivity contribution in [2.75, 3.05) is 6.61 Å². The number of ether oxygens (including phenoxy) is 1. The van der Waals surface area contributed by atoms with Crippen LogP contribution in [0.4, 0.5) is 13.2 Å². The molecule has 8 heteroatoms. The van der Waals surface area contributed by atoms with E-state index in [1.807, 2.05) is 6.92 Å². The van der Waals surface area contributed by atoms with Crippen molar-refractivity contribution in [3.05, 3.63) is 53.9 Å². The van der Waals surface area contributed by atoms with Crippen molar-refractivity contribution in [1.82, 2.24) is 14.6 Å². The van der Waals surface area contributed by atoms with Crippen LogP contribution in [0.5, 0.6) is 0 Å². The van der Waals surface area contributed by atoms with Crippen molar-refractivity contribution in [2.45, 2.75) is 20.0 Å². The lowest BCUT2D eigenvalue weighted by molar-refractivity contribution is -0.137. The van der Waals surface area contributed by atoms with E-state index in [0.29, 0.717) is 30.0 Å². The quantitative estimate of drug-likeness (QED) is 0.672. The second-order valence-electron chi connectivity index (χ2n) is 5.01. The van der Waals surface area contributed by atoms with E-state index in [2.05, 4.69) is 14.8 Å². The molecule has 0 bridgehead atoms. The molecule has 2 heterocycles. The van der Waals surface area contributed by atoms with Crippen LogP contribution in [0.2, 0.25) is 0 Å². The highest BCUT2D eigenvalue weighted by atomic mass is 19.4. The van der Waals surface area contributed by atoms with Crippen molar-refractivity contribution in [2.24, 2.45) is 0 Å². The average Bonchev–Trinajstić information content (AvgIpc) is 3.03. The molecular weight excluding hydrogens is 335 g/mol. The summed E-state index contributed by atoms with van der Waals surface area (Å²) in [6.07, 6.45) is -2.72. The topological polar surface area (TPSA) is 56.5 Å². The molecule has 1 aromatic carbocycles. The van der Waals surface area contributed by atoms with Gasteiger partial charge in [0, 0.05) is 17.3 Å². The van der Waals surface area contributed by atoms with Crippen LogP contribution in [-0.4, -0.2) is 27.7 Å². The highest BCUT2D eigenvalue weighted by Gasteiger charge is 2.30. The molecule has 3 rings (SSSR count). The summed E-state index contributed by atoms with van der Waals surface area (Å²) >= 11 is 0. The molecule has 0 radical (unpaired) electrons. The average molecular weight is 351 g/mol. The Bertz CT molecular complexity index is 842. The molecule has 25 heavy (non-hydrogen) atoms. The molecule has 5 nitrogen and oxygen atoms in total. The highest BCUT2D eigenvalue weighted by Crippen LogP contribution is 2.31. The molecule has 0 amide bonds. The number of fused-ring (bicyclic) bond motifs is 1. The molecule has 0 unspecified atom stereocenters. The zero-order valence-corrected chi connectivity index (χ0v) is 13.6. The second-order valence-corrected chi connectivity index (χ2v) is 5.01. The van der Waals surface area contributed by atoms with Crippen molar-refractivity contribution in [1.29, 1.82) is 0 Å². The van der Waals surface area contributed by atoms with Gasteiger partial charge < -0.3 is 4.74 Å². The number of benzene rings is 1. The molecule has 0 spiro atoms. The first-order valence-corrected chi connectivity index (χ1v) is 7.41. The molecule has 0 saturated heterocycles. The second kappa shape index (κ2) is 7.78. The van der Waals surface area contributed by atoms with E-state index in [-0.39, 0.29) is 0 Å². The van der Waals surface area contributed by atoms with Crippen LogP contribution in [-0.2, 0) is 15.7 Å². The third-order valence-electron chi connectivity index (χ3n) is 3.23. The molecule has 0 N–H and O–H groups in total. The van der Waals surface area contributed by atoms with Gasteiger partial charge in [0.25, 0.3) is 6.47 Å². The van der Waals surface area contributed by atoms with Crippen LogP contribution in [0.25, 0.3) is 16.9 Å². The molecule has 0 aliphatic carbocycles. The Morgan fingerprint density at radius 3 is 2.40 bits per heavy atom. The SMILES string of the molecule is CCOC=O.Cc1cc(-c2ccc(C(F)(F)F)cc2)n2nccc2n1. The van der Waals surface area contributed by atoms with Gasteiger partial charge in [-0.1, -0.05) is 12.1 Å². The number of alkyl halides is 3. The maximum atomic E-state index is 12.6. The van der Waals surface area contributed by atoms with Crippen molar-refractivity contribution in [3.8, 4) is 11.3 Å². The fraction of sp³-hybridized carbons (Fsp3) is 0.235. The van der Waals surface area contributed by atoms with E-state index in [0.717, 1.165) is 17.8 Å². The summed E-state index contributed by atoms with van der Waals surface area (Å²) in [5, 5.41) is 4.14. The Morgan fingerprint density at radius 1 is 1.20 bits per heavy atom. The summed E-state index contributed by atoms with van der Waals surface area (Å²) in [5.74, 6) is 0. The molecule has 0 aliphatic heterocycles. The van der Waals surface area contributed by atoms with E-state index in [1.165, 1.54) is 12.1 Å². The number of hydrogen-bond acceptors (Lipinski definition) is 4. The smallest absolute Gasteiger partial charge is 0.416 e. The van der Waals surface area contributed by atoms with Crippen LogP contribution >= 0.6 is 0 Å². The number of rotatable bonds is 3. The number of halogens is 3. The van der Waals surface area contributed by atoms with Gasteiger partial charge >= 0.3 is 6.18 Å². The van der Waals surface area contributed by atoms with Crippen molar-refractivity contribution in [3.63, 3.8) is 0 Å². The molecule has 0 fully saturated rings. The van der Waals surface area contributed by atoms with Crippen LogP contribution in [0, 0.1) is 6.92 Å². The minimum atomic E-state index is -4.33. The Hall–Kier alpha value is -2.90. The van der Waals surface area contributed by atoms with Gasteiger partial charge in [0.1, 0.15) is 0 Å². The summed E-state index contributed by atoms with van der Waals surface area (Å²) in [7, 11) is 0. The van der Waals surface area contributed by atoms with Gasteiger partial charge in [-0.25, -0.2) is 9.50 Å². The maximum absolute atomic E-state index is 12.6. The molecule has 0 saturated carbocycles. The maximum Gasteiger partial charge on any atom is 0.416 e. The molecule has 0 atom stereocenters. The van der Waals surface area contributed by atoms with Gasteiger partial charge in [-0.3, -0.25) is 4.79 Å². The predicted octanol–water partition coefficient (Wildman–Crippen LogP) is 3.90. The van der Waals surface area contributed by atoms with Crippen LogP contribution in [0.3, 0.4) is 0 Å². The van der Waals surface area contributed by atoms with E-state index in [1.54, 1.807) is 29.8 Å². The van der Waals surface area contributed by atoms with Gasteiger partial charge in [0.05, 0.1) is 24.1 Å². The first kappa shape index (κ1) is 18.4. The number of carbonyl (C=O) groups is 1. The fourth-order valence-corrected chi connectivity index (χ4v) is 2.14. The van der Waals surface area contributed by atoms with Gasteiger partial charge in [0.15, 0.2) is 5.65 Å². The summed E-state index contributed by atoms with van der Waals surface area (Å²) in [6.45, 7) is 4.50. The van der Waals surface area contributed by atoms with E-state index in [4.69, 9.17) is 0 Å². The number of aryl methyl sites for hydroxylation is 1. The summed E-state index contributed by atoms with van der Waals surface area (Å²) in [4.78, 5) is 13.5. The lowest BCUT2D eigenvalue weighted by atomic mass is 10.1. The Labute approximate surface area is 142 Å². The normalized spacial score (nSPS) is 10.9. The zero-order valence-electron chi connectivity index (χ0n) is 13.6. The van der Waals surface area contributed by atoms with E-state index < -0.39 is 11.7 Å². The number of nitrogens with zero attached hydrogens (tertiary/aromatic N) is 3.